The zero-order valence-corrected chi connectivity index (χ0v) is 12.9. The van der Waals surface area contributed by atoms with Gasteiger partial charge in [0.1, 0.15) is 18.3 Å². The number of hydrogen-bond acceptors (Lipinski definition) is 6. The van der Waals surface area contributed by atoms with Gasteiger partial charge in [0.2, 0.25) is 0 Å². The zero-order valence-electron chi connectivity index (χ0n) is 12.9. The first-order valence-corrected chi connectivity index (χ1v) is 7.15. The highest BCUT2D eigenvalue weighted by Crippen LogP contribution is 2.16. The van der Waals surface area contributed by atoms with Crippen LogP contribution in [0.2, 0.25) is 0 Å². The second kappa shape index (κ2) is 6.63. The molecule has 126 valence electrons. The summed E-state index contributed by atoms with van der Waals surface area (Å²) in [5.41, 5.74) is 0.943. The number of nitrogens with zero attached hydrogens (tertiary/aromatic N) is 1. The van der Waals surface area contributed by atoms with E-state index in [1.165, 1.54) is 0 Å². The van der Waals surface area contributed by atoms with Crippen molar-refractivity contribution >= 4 is 11.0 Å². The van der Waals surface area contributed by atoms with Crippen molar-refractivity contribution in [3.8, 4) is 0 Å². The maximum atomic E-state index is 12.1. The van der Waals surface area contributed by atoms with E-state index < -0.39 is 36.0 Å². The van der Waals surface area contributed by atoms with E-state index in [1.54, 1.807) is 12.1 Å². The summed E-state index contributed by atoms with van der Waals surface area (Å²) in [5.74, 6) is 0. The molecule has 5 N–H and O–H groups in total. The van der Waals surface area contributed by atoms with Crippen molar-refractivity contribution < 1.29 is 20.4 Å². The zero-order chi connectivity index (χ0) is 17.3. The maximum absolute atomic E-state index is 12.1. The van der Waals surface area contributed by atoms with Gasteiger partial charge in [0.15, 0.2) is 0 Å². The second-order valence-corrected chi connectivity index (χ2v) is 5.63. The Kier molecular flexibility index (Phi) is 5.00. The summed E-state index contributed by atoms with van der Waals surface area (Å²) in [6.07, 6.45) is -4.72. The van der Waals surface area contributed by atoms with Gasteiger partial charge in [0.05, 0.1) is 24.2 Å². The summed E-state index contributed by atoms with van der Waals surface area (Å²) in [6, 6.07) is 3.41. The summed E-state index contributed by atoms with van der Waals surface area (Å²) in [7, 11) is 0. The van der Waals surface area contributed by atoms with E-state index in [0.717, 1.165) is 15.7 Å². The molecule has 0 saturated heterocycles. The summed E-state index contributed by atoms with van der Waals surface area (Å²) in [4.78, 5) is 26.3. The first-order valence-electron chi connectivity index (χ1n) is 7.15. The van der Waals surface area contributed by atoms with Crippen molar-refractivity contribution in [1.82, 2.24) is 9.55 Å². The average molecular weight is 324 g/mol. The quantitative estimate of drug-likeness (QED) is 0.420. The Hall–Kier alpha value is -2.00. The van der Waals surface area contributed by atoms with Gasteiger partial charge in [-0.15, -0.1) is 0 Å². The molecule has 8 nitrogen and oxygen atoms in total. The van der Waals surface area contributed by atoms with Gasteiger partial charge in [0, 0.05) is 0 Å². The Morgan fingerprint density at radius 3 is 2.30 bits per heavy atom. The molecule has 1 aromatic carbocycles. The van der Waals surface area contributed by atoms with Crippen LogP contribution in [0.4, 0.5) is 0 Å². The van der Waals surface area contributed by atoms with Gasteiger partial charge < -0.3 is 25.4 Å². The van der Waals surface area contributed by atoms with Crippen molar-refractivity contribution in [2.45, 2.75) is 38.7 Å². The third-order valence-electron chi connectivity index (χ3n) is 3.94. The van der Waals surface area contributed by atoms with Crippen LogP contribution in [0.15, 0.2) is 21.7 Å². The summed E-state index contributed by atoms with van der Waals surface area (Å²) >= 11 is 0. The van der Waals surface area contributed by atoms with Crippen molar-refractivity contribution in [3.05, 3.63) is 44.0 Å². The smallest absolute Gasteiger partial charge is 0.316 e. The fourth-order valence-corrected chi connectivity index (χ4v) is 2.37. The van der Waals surface area contributed by atoms with Gasteiger partial charge in [-0.2, -0.15) is 0 Å². The normalized spacial score (nSPS) is 15.6. The fourth-order valence-electron chi connectivity index (χ4n) is 2.37. The highest BCUT2D eigenvalue weighted by molar-refractivity contribution is 5.76. The lowest BCUT2D eigenvalue weighted by atomic mass is 10.1. The van der Waals surface area contributed by atoms with Gasteiger partial charge in [-0.25, -0.2) is 0 Å². The molecule has 23 heavy (non-hydrogen) atoms. The molecule has 0 radical (unpaired) electrons. The Balaban J connectivity index is 2.55. The van der Waals surface area contributed by atoms with E-state index in [9.17, 15) is 24.9 Å². The van der Waals surface area contributed by atoms with Gasteiger partial charge in [-0.05, 0) is 37.1 Å². The molecular weight excluding hydrogens is 304 g/mol. The van der Waals surface area contributed by atoms with Crippen LogP contribution in [0.25, 0.3) is 11.0 Å². The molecule has 0 aliphatic heterocycles. The Labute approximate surface area is 131 Å². The monoisotopic (exact) mass is 324 g/mol. The van der Waals surface area contributed by atoms with Crippen LogP contribution in [0.1, 0.15) is 11.1 Å². The highest BCUT2D eigenvalue weighted by Gasteiger charge is 2.25. The van der Waals surface area contributed by atoms with Crippen molar-refractivity contribution in [2.24, 2.45) is 0 Å². The predicted molar refractivity (Wildman–Crippen MR) is 83.4 cm³/mol. The number of aromatic nitrogens is 2. The molecule has 3 atom stereocenters. The first-order chi connectivity index (χ1) is 10.8. The lowest BCUT2D eigenvalue weighted by Gasteiger charge is -2.22. The molecule has 2 aromatic rings. The number of aryl methyl sites for hydroxylation is 2. The van der Waals surface area contributed by atoms with Crippen LogP contribution in [-0.4, -0.2) is 54.9 Å². The first kappa shape index (κ1) is 17.4. The van der Waals surface area contributed by atoms with Crippen molar-refractivity contribution in [3.63, 3.8) is 0 Å². The van der Waals surface area contributed by atoms with Gasteiger partial charge >= 0.3 is 11.1 Å². The SMILES string of the molecule is Cc1cc2[nH]c(=O)c(=O)n(C[C@H](O)[C@H](O)[C@H](O)CO)c2cc1C. The number of fused-ring (bicyclic) bond motifs is 1. The van der Waals surface area contributed by atoms with Crippen LogP contribution < -0.4 is 11.1 Å². The molecule has 8 heteroatoms. The lowest BCUT2D eigenvalue weighted by molar-refractivity contribution is -0.0805. The van der Waals surface area contributed by atoms with Crippen LogP contribution in [0, 0.1) is 13.8 Å². The molecule has 1 aromatic heterocycles. The van der Waals surface area contributed by atoms with Crippen LogP contribution in [0.3, 0.4) is 0 Å². The number of aliphatic hydroxyl groups excluding tert-OH is 4. The van der Waals surface area contributed by atoms with E-state index >= 15 is 0 Å². The molecule has 1 heterocycles. The molecule has 0 bridgehead atoms. The molecule has 0 fully saturated rings. The molecule has 0 aliphatic carbocycles. The standard InChI is InChI=1S/C15H20N2O6/c1-7-3-9-10(4-8(7)2)17(15(23)14(22)16-9)5-11(19)13(21)12(20)6-18/h3-4,11-13,18-21H,5-6H2,1-2H3,(H,16,22)/t11-,12+,13-/m0/s1. The van der Waals surface area contributed by atoms with E-state index in [1.807, 2.05) is 13.8 Å². The Bertz CT molecular complexity index is 825. The fraction of sp³-hybridized carbons (Fsp3) is 0.467. The van der Waals surface area contributed by atoms with Crippen molar-refractivity contribution in [1.29, 1.82) is 0 Å². The molecule has 0 spiro atoms. The summed E-state index contributed by atoms with van der Waals surface area (Å²) in [6.45, 7) is 2.58. The Morgan fingerprint density at radius 1 is 1.09 bits per heavy atom. The van der Waals surface area contributed by atoms with Gasteiger partial charge in [-0.1, -0.05) is 0 Å². The third-order valence-corrected chi connectivity index (χ3v) is 3.94. The minimum Gasteiger partial charge on any atom is -0.394 e. The molecule has 0 aliphatic rings. The minimum atomic E-state index is -1.65. The number of hydrogen-bond donors (Lipinski definition) is 5. The summed E-state index contributed by atoms with van der Waals surface area (Å²) < 4.78 is 1.05. The number of aliphatic hydroxyl groups is 4. The number of aromatic amines is 1. The number of nitrogens with one attached hydrogen (secondary N) is 1. The number of benzene rings is 1. The predicted octanol–water partition coefficient (Wildman–Crippen LogP) is -1.62. The molecule has 0 unspecified atom stereocenters. The third kappa shape index (κ3) is 3.35. The van der Waals surface area contributed by atoms with Crippen LogP contribution >= 0.6 is 0 Å². The van der Waals surface area contributed by atoms with E-state index in [-0.39, 0.29) is 6.54 Å². The summed E-state index contributed by atoms with van der Waals surface area (Å²) in [5, 5.41) is 37.9. The van der Waals surface area contributed by atoms with Crippen LogP contribution in [0.5, 0.6) is 0 Å². The number of rotatable bonds is 5. The molecule has 0 saturated carbocycles. The minimum absolute atomic E-state index is 0.389. The topological polar surface area (TPSA) is 136 Å². The van der Waals surface area contributed by atoms with Crippen molar-refractivity contribution in [2.75, 3.05) is 6.61 Å². The van der Waals surface area contributed by atoms with Crippen LogP contribution in [-0.2, 0) is 6.54 Å². The number of H-pyrrole nitrogens is 1. The largest absolute Gasteiger partial charge is 0.394 e. The maximum Gasteiger partial charge on any atom is 0.316 e. The highest BCUT2D eigenvalue weighted by atomic mass is 16.4. The molecule has 0 amide bonds. The Morgan fingerprint density at radius 2 is 1.70 bits per heavy atom. The van der Waals surface area contributed by atoms with E-state index in [4.69, 9.17) is 5.11 Å². The van der Waals surface area contributed by atoms with Gasteiger partial charge in [0.25, 0.3) is 0 Å². The molecular formula is C15H20N2O6. The molecule has 2 rings (SSSR count). The van der Waals surface area contributed by atoms with E-state index in [2.05, 4.69) is 4.98 Å². The average Bonchev–Trinajstić information content (AvgIpc) is 2.52. The lowest BCUT2D eigenvalue weighted by Crippen LogP contribution is -2.45. The van der Waals surface area contributed by atoms with Gasteiger partial charge in [-0.3, -0.25) is 14.2 Å². The van der Waals surface area contributed by atoms with E-state index in [0.29, 0.717) is 11.0 Å². The second-order valence-electron chi connectivity index (χ2n) is 5.63.